The van der Waals surface area contributed by atoms with Crippen molar-refractivity contribution in [2.24, 2.45) is 0 Å². The van der Waals surface area contributed by atoms with Crippen molar-refractivity contribution in [2.45, 2.75) is 34.1 Å². The van der Waals surface area contributed by atoms with Crippen molar-refractivity contribution in [2.75, 3.05) is 13.3 Å². The van der Waals surface area contributed by atoms with Crippen molar-refractivity contribution in [3.05, 3.63) is 7.43 Å². The summed E-state index contributed by atoms with van der Waals surface area (Å²) in [5, 5.41) is 0. The van der Waals surface area contributed by atoms with Gasteiger partial charge in [-0.2, -0.15) is 0 Å². The summed E-state index contributed by atoms with van der Waals surface area (Å²) in [6.07, 6.45) is 1.25. The molecule has 0 aliphatic heterocycles. The molecule has 13 heavy (non-hydrogen) atoms. The average Bonchev–Trinajstić information content (AvgIpc) is 1.68. The summed E-state index contributed by atoms with van der Waals surface area (Å²) in [7, 11) is -2.64. The molecule has 2 nitrogen and oxygen atoms in total. The van der Waals surface area contributed by atoms with Crippen LogP contribution in [0.1, 0.15) is 34.1 Å². The van der Waals surface area contributed by atoms with Crippen LogP contribution >= 0.6 is 7.37 Å². The fourth-order valence-electron chi connectivity index (χ4n) is 0. The quantitative estimate of drug-likeness (QED) is 0.421. The molecule has 0 aliphatic rings. The van der Waals surface area contributed by atoms with E-state index in [0.29, 0.717) is 0 Å². The Kier molecular flexibility index (Phi) is 82.4. The van der Waals surface area contributed by atoms with Gasteiger partial charge in [-0.15, -0.1) is 0 Å². The minimum atomic E-state index is -2.64. The summed E-state index contributed by atoms with van der Waals surface area (Å²) < 4.78 is 9.77. The summed E-state index contributed by atoms with van der Waals surface area (Å²) >= 11 is 0. The van der Waals surface area contributed by atoms with E-state index in [9.17, 15) is 4.57 Å². The molecular weight excluding hydrogens is 259 g/mol. The first-order valence-electron chi connectivity index (χ1n) is 3.69. The molecule has 0 amide bonds. The Balaban J connectivity index is -0.0000000138. The first-order valence-corrected chi connectivity index (χ1v) is 6.25. The Morgan fingerprint density at radius 3 is 1.15 bits per heavy atom. The molecule has 0 fully saturated rings. The van der Waals surface area contributed by atoms with Gasteiger partial charge in [0.25, 0.3) is 0 Å². The first-order chi connectivity index (χ1) is 4.41. The fourth-order valence-corrected chi connectivity index (χ4v) is 0. The zero-order valence-electron chi connectivity index (χ0n) is 10.2. The molecule has 0 saturated heterocycles. The standard InChI is InChI=1S/C3H8.C2H7O2P.C2H6.CH3.B.Y/c1-3-2;1-5(2,3)4;1-2;;;/h3H2,1-2H3;1-2H3,(H,3,4);1-2H3;1H3;;/q;;;-1;;. The van der Waals surface area contributed by atoms with Crippen molar-refractivity contribution < 1.29 is 42.2 Å². The van der Waals surface area contributed by atoms with Crippen molar-refractivity contribution >= 4 is 15.8 Å². The molecular formula is C8H24BO2PY-. The van der Waals surface area contributed by atoms with Crippen molar-refractivity contribution in [1.29, 1.82) is 0 Å². The molecule has 0 unspecified atom stereocenters. The predicted octanol–water partition coefficient (Wildman–Crippen LogP) is 3.03. The molecule has 1 N–H and O–H groups in total. The third-order valence-electron chi connectivity index (χ3n) is 0. The van der Waals surface area contributed by atoms with E-state index in [4.69, 9.17) is 4.89 Å². The van der Waals surface area contributed by atoms with Crippen LogP contribution in [0.15, 0.2) is 0 Å². The second-order valence-electron chi connectivity index (χ2n) is 2.00. The molecule has 0 rings (SSSR count). The fraction of sp³-hybridized carbons (Fsp3) is 0.875. The van der Waals surface area contributed by atoms with E-state index < -0.39 is 7.37 Å². The average molecular weight is 283 g/mol. The maximum atomic E-state index is 9.77. The third kappa shape index (κ3) is 933. The molecule has 0 aromatic rings. The molecule has 0 heterocycles. The second-order valence-corrected chi connectivity index (χ2v) is 4.59. The van der Waals surface area contributed by atoms with E-state index in [-0.39, 0.29) is 48.5 Å². The van der Waals surface area contributed by atoms with Crippen molar-refractivity contribution in [1.82, 2.24) is 0 Å². The maximum Gasteiger partial charge on any atom is 0.194 e. The Morgan fingerprint density at radius 1 is 1.15 bits per heavy atom. The molecule has 0 atom stereocenters. The molecule has 0 spiro atoms. The summed E-state index contributed by atoms with van der Waals surface area (Å²) in [4.78, 5) is 8.08. The number of rotatable bonds is 0. The molecule has 4 radical (unpaired) electrons. The van der Waals surface area contributed by atoms with E-state index in [1.807, 2.05) is 13.8 Å². The van der Waals surface area contributed by atoms with Crippen molar-refractivity contribution in [3.8, 4) is 0 Å². The first kappa shape index (κ1) is 36.7. The van der Waals surface area contributed by atoms with Gasteiger partial charge in [0, 0.05) is 54.5 Å². The molecule has 80 valence electrons. The van der Waals surface area contributed by atoms with Gasteiger partial charge in [0.1, 0.15) is 0 Å². The molecule has 0 aromatic heterocycles. The zero-order valence-corrected chi connectivity index (χ0v) is 13.9. The monoisotopic (exact) mass is 283 g/mol. The van der Waals surface area contributed by atoms with E-state index >= 15 is 0 Å². The minimum absolute atomic E-state index is 0. The second kappa shape index (κ2) is 29.2. The van der Waals surface area contributed by atoms with Crippen molar-refractivity contribution in [3.63, 3.8) is 0 Å². The summed E-state index contributed by atoms with van der Waals surface area (Å²) in [5.41, 5.74) is 0. The zero-order chi connectivity index (χ0) is 9.21. The van der Waals surface area contributed by atoms with Crippen LogP contribution in [0.25, 0.3) is 0 Å². The van der Waals surface area contributed by atoms with Gasteiger partial charge in [0.15, 0.2) is 7.37 Å². The summed E-state index contributed by atoms with van der Waals surface area (Å²) in [6, 6.07) is 0. The normalized spacial score (nSPS) is 6.38. The molecule has 0 bridgehead atoms. The number of hydrogen-bond acceptors (Lipinski definition) is 1. The van der Waals surface area contributed by atoms with Crippen LogP contribution in [0, 0.1) is 7.43 Å². The summed E-state index contributed by atoms with van der Waals surface area (Å²) in [6.45, 7) is 10.8. The molecule has 5 heteroatoms. The number of hydrogen-bond donors (Lipinski definition) is 1. The topological polar surface area (TPSA) is 37.3 Å². The van der Waals surface area contributed by atoms with Gasteiger partial charge < -0.3 is 12.3 Å². The predicted molar refractivity (Wildman–Crippen MR) is 61.2 cm³/mol. The molecule has 0 saturated carbocycles. The third-order valence-corrected chi connectivity index (χ3v) is 0. The molecule has 0 aromatic carbocycles. The van der Waals surface area contributed by atoms with Crippen LogP contribution in [0.3, 0.4) is 0 Å². The van der Waals surface area contributed by atoms with E-state index in [0.717, 1.165) is 0 Å². The smallest absolute Gasteiger partial charge is 0.194 e. The largest absolute Gasteiger partial charge is 0.358 e. The van der Waals surface area contributed by atoms with Gasteiger partial charge in [-0.25, -0.2) is 0 Å². The molecule has 0 aliphatic carbocycles. The SMILES string of the molecule is CC.CCC.CP(C)(=O)O.[B].[CH3-].[Y]. The minimum Gasteiger partial charge on any atom is -0.358 e. The van der Waals surface area contributed by atoms with Crippen LogP contribution in [-0.4, -0.2) is 26.6 Å². The van der Waals surface area contributed by atoms with Crippen LogP contribution in [0.2, 0.25) is 0 Å². The van der Waals surface area contributed by atoms with Crippen LogP contribution in [0.4, 0.5) is 0 Å². The van der Waals surface area contributed by atoms with Gasteiger partial charge in [-0.05, 0) is 0 Å². The Morgan fingerprint density at radius 2 is 1.15 bits per heavy atom. The van der Waals surface area contributed by atoms with Crippen LogP contribution in [-0.2, 0) is 37.3 Å². The maximum absolute atomic E-state index is 9.77. The Hall–Kier alpha value is 1.36. The van der Waals surface area contributed by atoms with Gasteiger partial charge in [0.2, 0.25) is 0 Å². The van der Waals surface area contributed by atoms with Gasteiger partial charge in [0.05, 0.1) is 0 Å². The Labute approximate surface area is 112 Å². The Bertz CT molecular complexity index is 77.9. The van der Waals surface area contributed by atoms with E-state index in [1.165, 1.54) is 19.8 Å². The summed E-state index contributed by atoms with van der Waals surface area (Å²) in [5.74, 6) is 0. The van der Waals surface area contributed by atoms with E-state index in [1.54, 1.807) is 0 Å². The van der Waals surface area contributed by atoms with E-state index in [2.05, 4.69) is 13.8 Å². The van der Waals surface area contributed by atoms with Crippen LogP contribution in [0.5, 0.6) is 0 Å². The van der Waals surface area contributed by atoms with Gasteiger partial charge in [-0.3, -0.25) is 4.57 Å². The van der Waals surface area contributed by atoms with Gasteiger partial charge >= 0.3 is 0 Å². The van der Waals surface area contributed by atoms with Crippen LogP contribution < -0.4 is 0 Å². The van der Waals surface area contributed by atoms with Gasteiger partial charge in [-0.1, -0.05) is 34.1 Å².